The third kappa shape index (κ3) is 2.02. The molecule has 1 aliphatic rings. The molecule has 0 N–H and O–H groups in total. The fourth-order valence-electron chi connectivity index (χ4n) is 1.80. The molecule has 0 saturated carbocycles. The fourth-order valence-corrected chi connectivity index (χ4v) is 2.91. The molecular formula is C12H14O2S. The maximum Gasteiger partial charge on any atom is 0.164 e. The summed E-state index contributed by atoms with van der Waals surface area (Å²) in [4.78, 5) is 13.0. The standard InChI is InChI=1S/C12H14O2S/c1-8-6-9(14-2)7-10-11(13)4-3-5-15-12(8)10/h6-7H,3-5H2,1-2H3. The molecule has 0 saturated heterocycles. The van der Waals surface area contributed by atoms with Gasteiger partial charge in [0.25, 0.3) is 0 Å². The van der Waals surface area contributed by atoms with Crippen LogP contribution in [-0.4, -0.2) is 18.6 Å². The molecule has 0 bridgehead atoms. The maximum atomic E-state index is 11.9. The molecule has 2 rings (SSSR count). The molecule has 1 heterocycles. The van der Waals surface area contributed by atoms with Gasteiger partial charge in [0.15, 0.2) is 5.78 Å². The highest BCUT2D eigenvalue weighted by Gasteiger charge is 2.18. The van der Waals surface area contributed by atoms with Gasteiger partial charge in [-0.1, -0.05) is 0 Å². The van der Waals surface area contributed by atoms with E-state index in [-0.39, 0.29) is 5.78 Å². The van der Waals surface area contributed by atoms with Crippen molar-refractivity contribution in [2.75, 3.05) is 12.9 Å². The number of thioether (sulfide) groups is 1. The normalized spacial score (nSPS) is 15.7. The summed E-state index contributed by atoms with van der Waals surface area (Å²) in [5.74, 6) is 2.06. The van der Waals surface area contributed by atoms with Gasteiger partial charge in [0.2, 0.25) is 0 Å². The zero-order chi connectivity index (χ0) is 10.8. The Kier molecular flexibility index (Phi) is 3.00. The first-order valence-corrected chi connectivity index (χ1v) is 6.05. The van der Waals surface area contributed by atoms with Crippen molar-refractivity contribution in [2.45, 2.75) is 24.7 Å². The van der Waals surface area contributed by atoms with Crippen LogP contribution in [0.1, 0.15) is 28.8 Å². The number of hydrogen-bond acceptors (Lipinski definition) is 3. The van der Waals surface area contributed by atoms with Gasteiger partial charge in [0.05, 0.1) is 7.11 Å². The Morgan fingerprint density at radius 1 is 1.40 bits per heavy atom. The Hall–Kier alpha value is -0.960. The molecule has 0 aliphatic carbocycles. The van der Waals surface area contributed by atoms with Crippen LogP contribution in [0, 0.1) is 6.92 Å². The lowest BCUT2D eigenvalue weighted by Gasteiger charge is -2.10. The van der Waals surface area contributed by atoms with Crippen molar-refractivity contribution >= 4 is 17.5 Å². The summed E-state index contributed by atoms with van der Waals surface area (Å²) in [5.41, 5.74) is 1.99. The zero-order valence-electron chi connectivity index (χ0n) is 9.00. The molecule has 3 heteroatoms. The maximum absolute atomic E-state index is 11.9. The van der Waals surface area contributed by atoms with Crippen LogP contribution < -0.4 is 4.74 Å². The van der Waals surface area contributed by atoms with Crippen LogP contribution in [0.25, 0.3) is 0 Å². The number of ketones is 1. The number of aryl methyl sites for hydroxylation is 1. The first kappa shape index (κ1) is 10.6. The van der Waals surface area contributed by atoms with Gasteiger partial charge in [-0.2, -0.15) is 0 Å². The Morgan fingerprint density at radius 2 is 2.20 bits per heavy atom. The predicted octanol–water partition coefficient (Wildman–Crippen LogP) is 3.07. The lowest BCUT2D eigenvalue weighted by atomic mass is 10.0. The molecule has 80 valence electrons. The summed E-state index contributed by atoms with van der Waals surface area (Å²) < 4.78 is 5.19. The Balaban J connectivity index is 2.55. The number of fused-ring (bicyclic) bond motifs is 1. The average molecular weight is 222 g/mol. The van der Waals surface area contributed by atoms with Crippen LogP contribution in [0.5, 0.6) is 5.75 Å². The van der Waals surface area contributed by atoms with Gasteiger partial charge in [-0.3, -0.25) is 4.79 Å². The highest BCUT2D eigenvalue weighted by molar-refractivity contribution is 7.99. The van der Waals surface area contributed by atoms with E-state index in [0.29, 0.717) is 6.42 Å². The van der Waals surface area contributed by atoms with Gasteiger partial charge < -0.3 is 4.74 Å². The molecule has 0 spiro atoms. The summed E-state index contributed by atoms with van der Waals surface area (Å²) in [6, 6.07) is 3.85. The summed E-state index contributed by atoms with van der Waals surface area (Å²) >= 11 is 1.78. The van der Waals surface area contributed by atoms with Crippen LogP contribution >= 0.6 is 11.8 Å². The van der Waals surface area contributed by atoms with Gasteiger partial charge in [-0.15, -0.1) is 11.8 Å². The van der Waals surface area contributed by atoms with Gasteiger partial charge in [-0.05, 0) is 36.8 Å². The first-order valence-electron chi connectivity index (χ1n) is 5.07. The molecule has 0 radical (unpaired) electrons. The first-order chi connectivity index (χ1) is 7.22. The van der Waals surface area contributed by atoms with Gasteiger partial charge in [0, 0.05) is 16.9 Å². The number of carbonyl (C=O) groups is 1. The second kappa shape index (κ2) is 4.27. The Bertz CT molecular complexity index is 399. The van der Waals surface area contributed by atoms with Crippen LogP contribution in [0.2, 0.25) is 0 Å². The van der Waals surface area contributed by atoms with Crippen molar-refractivity contribution in [2.24, 2.45) is 0 Å². The Morgan fingerprint density at radius 3 is 2.93 bits per heavy atom. The molecule has 1 aromatic rings. The van der Waals surface area contributed by atoms with E-state index in [4.69, 9.17) is 4.74 Å². The van der Waals surface area contributed by atoms with Crippen molar-refractivity contribution in [3.05, 3.63) is 23.3 Å². The number of carbonyl (C=O) groups excluding carboxylic acids is 1. The van der Waals surface area contributed by atoms with E-state index in [0.717, 1.165) is 33.9 Å². The van der Waals surface area contributed by atoms with E-state index >= 15 is 0 Å². The summed E-state index contributed by atoms with van der Waals surface area (Å²) in [6.07, 6.45) is 1.63. The summed E-state index contributed by atoms with van der Waals surface area (Å²) in [7, 11) is 1.63. The highest BCUT2D eigenvalue weighted by Crippen LogP contribution is 2.34. The molecule has 15 heavy (non-hydrogen) atoms. The number of hydrogen-bond donors (Lipinski definition) is 0. The SMILES string of the molecule is COc1cc(C)c2c(c1)C(=O)CCCS2. The quantitative estimate of drug-likeness (QED) is 0.730. The lowest BCUT2D eigenvalue weighted by molar-refractivity contribution is 0.0980. The second-order valence-electron chi connectivity index (χ2n) is 3.70. The van der Waals surface area contributed by atoms with Crippen molar-refractivity contribution in [3.8, 4) is 5.75 Å². The monoisotopic (exact) mass is 222 g/mol. The van der Waals surface area contributed by atoms with E-state index in [9.17, 15) is 4.79 Å². The van der Waals surface area contributed by atoms with E-state index in [1.165, 1.54) is 0 Å². The number of ether oxygens (including phenoxy) is 1. The van der Waals surface area contributed by atoms with E-state index in [1.54, 1.807) is 18.9 Å². The molecule has 1 aromatic carbocycles. The highest BCUT2D eigenvalue weighted by atomic mass is 32.2. The molecule has 0 amide bonds. The largest absolute Gasteiger partial charge is 0.497 e. The van der Waals surface area contributed by atoms with E-state index in [1.807, 2.05) is 19.1 Å². The van der Waals surface area contributed by atoms with Crippen LogP contribution in [-0.2, 0) is 0 Å². The number of Topliss-reactive ketones (excluding diaryl/α,β-unsaturated/α-hetero) is 1. The van der Waals surface area contributed by atoms with E-state index < -0.39 is 0 Å². The molecule has 0 unspecified atom stereocenters. The van der Waals surface area contributed by atoms with Crippen LogP contribution in [0.15, 0.2) is 17.0 Å². The fraction of sp³-hybridized carbons (Fsp3) is 0.417. The smallest absolute Gasteiger partial charge is 0.164 e. The minimum absolute atomic E-state index is 0.247. The molecule has 0 fully saturated rings. The summed E-state index contributed by atoms with van der Waals surface area (Å²) in [5, 5.41) is 0. The number of rotatable bonds is 1. The summed E-state index contributed by atoms with van der Waals surface area (Å²) in [6.45, 7) is 2.03. The number of methoxy groups -OCH3 is 1. The average Bonchev–Trinajstić information content (AvgIpc) is 2.41. The molecule has 2 nitrogen and oxygen atoms in total. The molecule has 0 aromatic heterocycles. The second-order valence-corrected chi connectivity index (χ2v) is 4.80. The topological polar surface area (TPSA) is 26.3 Å². The van der Waals surface area contributed by atoms with Crippen LogP contribution in [0.3, 0.4) is 0 Å². The third-order valence-corrected chi connectivity index (χ3v) is 3.90. The molecule has 1 aliphatic heterocycles. The van der Waals surface area contributed by atoms with Crippen LogP contribution in [0.4, 0.5) is 0 Å². The van der Waals surface area contributed by atoms with Crippen molar-refractivity contribution < 1.29 is 9.53 Å². The van der Waals surface area contributed by atoms with Gasteiger partial charge in [-0.25, -0.2) is 0 Å². The van der Waals surface area contributed by atoms with Crippen molar-refractivity contribution in [1.82, 2.24) is 0 Å². The molecular weight excluding hydrogens is 208 g/mol. The minimum Gasteiger partial charge on any atom is -0.497 e. The van der Waals surface area contributed by atoms with E-state index in [2.05, 4.69) is 0 Å². The van der Waals surface area contributed by atoms with Crippen molar-refractivity contribution in [1.29, 1.82) is 0 Å². The Labute approximate surface area is 94.0 Å². The lowest BCUT2D eigenvalue weighted by Crippen LogP contribution is -2.00. The van der Waals surface area contributed by atoms with Gasteiger partial charge >= 0.3 is 0 Å². The van der Waals surface area contributed by atoms with Crippen molar-refractivity contribution in [3.63, 3.8) is 0 Å². The molecule has 0 atom stereocenters. The minimum atomic E-state index is 0.247. The number of benzene rings is 1. The van der Waals surface area contributed by atoms with Gasteiger partial charge in [0.1, 0.15) is 5.75 Å². The predicted molar refractivity (Wildman–Crippen MR) is 62.0 cm³/mol. The third-order valence-electron chi connectivity index (χ3n) is 2.58. The zero-order valence-corrected chi connectivity index (χ0v) is 9.82.